The number of aryl methyl sites for hydroxylation is 1. The zero-order chi connectivity index (χ0) is 20.3. The van der Waals surface area contributed by atoms with Gasteiger partial charge in [0.2, 0.25) is 11.1 Å². The first-order valence-electron chi connectivity index (χ1n) is 8.25. The molecule has 0 unspecified atom stereocenters. The van der Waals surface area contributed by atoms with E-state index >= 15 is 0 Å². The fourth-order valence-corrected chi connectivity index (χ4v) is 3.29. The molecule has 0 aliphatic rings. The Balaban J connectivity index is 1.77. The van der Waals surface area contributed by atoms with Crippen LogP contribution in [-0.4, -0.2) is 31.4 Å². The summed E-state index contributed by atoms with van der Waals surface area (Å²) in [7, 11) is 0. The van der Waals surface area contributed by atoms with E-state index in [1.165, 1.54) is 22.9 Å². The van der Waals surface area contributed by atoms with E-state index in [1.807, 2.05) is 31.2 Å². The first kappa shape index (κ1) is 19.9. The number of benzene rings is 2. The van der Waals surface area contributed by atoms with Crippen LogP contribution in [0.4, 0.5) is 18.9 Å². The molecule has 6 nitrogen and oxygen atoms in total. The Morgan fingerprint density at radius 1 is 1.14 bits per heavy atom. The molecule has 0 saturated carbocycles. The standard InChI is InChI=1S/C18H16F3N5OS/c1-11-7-3-6-10-15(11)26-17(23-24-25-26)28-12(2)16(27)22-14-9-5-4-8-13(14)18(19,20)21/h3-10,12H,1-2H3,(H,22,27)/t12-/m0/s1. The van der Waals surface area contributed by atoms with Gasteiger partial charge in [-0.05, 0) is 48.0 Å². The predicted molar refractivity (Wildman–Crippen MR) is 99.3 cm³/mol. The molecule has 3 aromatic rings. The molecule has 0 radical (unpaired) electrons. The summed E-state index contributed by atoms with van der Waals surface area (Å²) >= 11 is 1.05. The van der Waals surface area contributed by atoms with Gasteiger partial charge in [-0.1, -0.05) is 42.1 Å². The largest absolute Gasteiger partial charge is 0.418 e. The highest BCUT2D eigenvalue weighted by molar-refractivity contribution is 8.00. The second kappa shape index (κ2) is 8.01. The smallest absolute Gasteiger partial charge is 0.325 e. The van der Waals surface area contributed by atoms with Crippen LogP contribution < -0.4 is 5.32 Å². The predicted octanol–water partition coefficient (Wildman–Crippen LogP) is 4.11. The number of amides is 1. The minimum absolute atomic E-state index is 0.286. The first-order chi connectivity index (χ1) is 13.3. The molecule has 0 spiro atoms. The number of thioether (sulfide) groups is 1. The van der Waals surface area contributed by atoms with Gasteiger partial charge in [0.1, 0.15) is 0 Å². The van der Waals surface area contributed by atoms with Crippen LogP contribution in [0.2, 0.25) is 0 Å². The van der Waals surface area contributed by atoms with Crippen LogP contribution in [-0.2, 0) is 11.0 Å². The van der Waals surface area contributed by atoms with Crippen molar-refractivity contribution in [3.05, 3.63) is 59.7 Å². The number of anilines is 1. The van der Waals surface area contributed by atoms with Crippen molar-refractivity contribution in [1.29, 1.82) is 0 Å². The molecule has 0 aliphatic carbocycles. The van der Waals surface area contributed by atoms with Crippen LogP contribution >= 0.6 is 11.8 Å². The minimum atomic E-state index is -4.56. The van der Waals surface area contributed by atoms with Crippen molar-refractivity contribution in [3.63, 3.8) is 0 Å². The Kier molecular flexibility index (Phi) is 5.68. The molecule has 1 atom stereocenters. The van der Waals surface area contributed by atoms with Gasteiger partial charge < -0.3 is 5.32 Å². The molecule has 1 aromatic heterocycles. The summed E-state index contributed by atoms with van der Waals surface area (Å²) in [4.78, 5) is 12.5. The highest BCUT2D eigenvalue weighted by atomic mass is 32.2. The molecular weight excluding hydrogens is 391 g/mol. The third kappa shape index (κ3) is 4.33. The van der Waals surface area contributed by atoms with Gasteiger partial charge >= 0.3 is 6.18 Å². The lowest BCUT2D eigenvalue weighted by Crippen LogP contribution is -2.24. The van der Waals surface area contributed by atoms with Crippen LogP contribution in [0.1, 0.15) is 18.1 Å². The molecule has 0 fully saturated rings. The van der Waals surface area contributed by atoms with Gasteiger partial charge in [-0.2, -0.15) is 17.9 Å². The number of tetrazole rings is 1. The van der Waals surface area contributed by atoms with Crippen LogP contribution in [0.3, 0.4) is 0 Å². The van der Waals surface area contributed by atoms with Gasteiger partial charge in [0.25, 0.3) is 0 Å². The van der Waals surface area contributed by atoms with Gasteiger partial charge in [-0.3, -0.25) is 4.79 Å². The van der Waals surface area contributed by atoms with Crippen molar-refractivity contribution in [2.45, 2.75) is 30.4 Å². The number of carbonyl (C=O) groups is 1. The van der Waals surface area contributed by atoms with Gasteiger partial charge in [0.05, 0.1) is 22.2 Å². The summed E-state index contributed by atoms with van der Waals surface area (Å²) in [6, 6.07) is 12.3. The number of para-hydroxylation sites is 2. The summed E-state index contributed by atoms with van der Waals surface area (Å²) in [6.07, 6.45) is -4.56. The first-order valence-corrected chi connectivity index (χ1v) is 9.13. The normalized spacial score (nSPS) is 12.6. The molecule has 2 aromatic carbocycles. The summed E-state index contributed by atoms with van der Waals surface area (Å²) in [5, 5.41) is 13.5. The third-order valence-corrected chi connectivity index (χ3v) is 4.96. The SMILES string of the molecule is Cc1ccccc1-n1nnnc1S[C@@H](C)C(=O)Nc1ccccc1C(F)(F)F. The molecule has 28 heavy (non-hydrogen) atoms. The summed E-state index contributed by atoms with van der Waals surface area (Å²) in [5.41, 5.74) is 0.508. The average Bonchev–Trinajstić information content (AvgIpc) is 3.09. The van der Waals surface area contributed by atoms with Crippen molar-refractivity contribution in [2.24, 2.45) is 0 Å². The number of alkyl halides is 3. The van der Waals surface area contributed by atoms with E-state index < -0.39 is 22.9 Å². The Labute approximate surface area is 163 Å². The number of carbonyl (C=O) groups excluding carboxylic acids is 1. The van der Waals surface area contributed by atoms with Crippen LogP contribution in [0.15, 0.2) is 53.7 Å². The Bertz CT molecular complexity index is 989. The monoisotopic (exact) mass is 407 g/mol. The van der Waals surface area contributed by atoms with Crippen molar-refractivity contribution in [2.75, 3.05) is 5.32 Å². The quantitative estimate of drug-likeness (QED) is 0.645. The lowest BCUT2D eigenvalue weighted by atomic mass is 10.1. The van der Waals surface area contributed by atoms with Crippen molar-refractivity contribution in [3.8, 4) is 5.69 Å². The second-order valence-electron chi connectivity index (χ2n) is 5.95. The van der Waals surface area contributed by atoms with Gasteiger partial charge in [-0.15, -0.1) is 5.10 Å². The highest BCUT2D eigenvalue weighted by Gasteiger charge is 2.34. The molecule has 0 bridgehead atoms. The molecule has 0 aliphatic heterocycles. The van der Waals surface area contributed by atoms with Gasteiger partial charge in [0.15, 0.2) is 0 Å². The maximum absolute atomic E-state index is 13.1. The topological polar surface area (TPSA) is 72.7 Å². The molecular formula is C18H16F3N5OS. The number of aromatic nitrogens is 4. The van der Waals surface area contributed by atoms with E-state index in [1.54, 1.807) is 6.92 Å². The number of nitrogens with one attached hydrogen (secondary N) is 1. The van der Waals surface area contributed by atoms with Crippen molar-refractivity contribution < 1.29 is 18.0 Å². The van der Waals surface area contributed by atoms with Crippen LogP contribution in [0, 0.1) is 6.92 Å². The van der Waals surface area contributed by atoms with Gasteiger partial charge in [0, 0.05) is 0 Å². The summed E-state index contributed by atoms with van der Waals surface area (Å²) in [5.74, 6) is -0.582. The molecule has 10 heteroatoms. The average molecular weight is 407 g/mol. The number of hydrogen-bond donors (Lipinski definition) is 1. The number of rotatable bonds is 5. The third-order valence-electron chi connectivity index (χ3n) is 3.93. The summed E-state index contributed by atoms with van der Waals surface area (Å²) < 4.78 is 40.8. The maximum Gasteiger partial charge on any atom is 0.418 e. The fraction of sp³-hybridized carbons (Fsp3) is 0.222. The Hall–Kier alpha value is -2.88. The Morgan fingerprint density at radius 3 is 2.54 bits per heavy atom. The molecule has 1 heterocycles. The van der Waals surface area contributed by atoms with E-state index in [9.17, 15) is 18.0 Å². The molecule has 0 saturated heterocycles. The molecule has 1 N–H and O–H groups in total. The minimum Gasteiger partial charge on any atom is -0.325 e. The molecule has 1 amide bonds. The zero-order valence-corrected chi connectivity index (χ0v) is 15.8. The second-order valence-corrected chi connectivity index (χ2v) is 7.26. The Morgan fingerprint density at radius 2 is 1.82 bits per heavy atom. The maximum atomic E-state index is 13.1. The van der Waals surface area contributed by atoms with E-state index in [0.29, 0.717) is 5.16 Å². The summed E-state index contributed by atoms with van der Waals surface area (Å²) in [6.45, 7) is 3.47. The van der Waals surface area contributed by atoms with Crippen molar-refractivity contribution >= 4 is 23.4 Å². The fourth-order valence-electron chi connectivity index (χ4n) is 2.49. The van der Waals surface area contributed by atoms with Crippen LogP contribution in [0.25, 0.3) is 5.69 Å². The van der Waals surface area contributed by atoms with E-state index in [-0.39, 0.29) is 5.69 Å². The van der Waals surface area contributed by atoms with Crippen molar-refractivity contribution in [1.82, 2.24) is 20.2 Å². The van der Waals surface area contributed by atoms with Crippen LogP contribution in [0.5, 0.6) is 0 Å². The van der Waals surface area contributed by atoms with E-state index in [0.717, 1.165) is 29.1 Å². The highest BCUT2D eigenvalue weighted by Crippen LogP contribution is 2.35. The number of nitrogens with zero attached hydrogens (tertiary/aromatic N) is 4. The lowest BCUT2D eigenvalue weighted by Gasteiger charge is -2.16. The zero-order valence-electron chi connectivity index (χ0n) is 14.9. The number of halogens is 3. The van der Waals surface area contributed by atoms with E-state index in [2.05, 4.69) is 20.8 Å². The van der Waals surface area contributed by atoms with Gasteiger partial charge in [-0.25, -0.2) is 0 Å². The molecule has 146 valence electrons. The van der Waals surface area contributed by atoms with E-state index in [4.69, 9.17) is 0 Å². The molecule has 3 rings (SSSR count). The number of hydrogen-bond acceptors (Lipinski definition) is 5. The lowest BCUT2D eigenvalue weighted by molar-refractivity contribution is -0.137.